The van der Waals surface area contributed by atoms with Crippen molar-refractivity contribution < 1.29 is 18.8 Å². The summed E-state index contributed by atoms with van der Waals surface area (Å²) in [4.78, 5) is 35.6. The van der Waals surface area contributed by atoms with Gasteiger partial charge in [0.15, 0.2) is 11.5 Å². The van der Waals surface area contributed by atoms with Crippen molar-refractivity contribution >= 4 is 28.6 Å². The lowest BCUT2D eigenvalue weighted by molar-refractivity contribution is 0.0912. The van der Waals surface area contributed by atoms with Gasteiger partial charge in [-0.1, -0.05) is 30.3 Å². The van der Waals surface area contributed by atoms with Gasteiger partial charge in [0.05, 0.1) is 0 Å². The van der Waals surface area contributed by atoms with E-state index < -0.39 is 0 Å². The summed E-state index contributed by atoms with van der Waals surface area (Å²) in [6.45, 7) is 1.97. The highest BCUT2D eigenvalue weighted by Gasteiger charge is 2.12. The molecule has 2 aromatic carbocycles. The molecule has 0 fully saturated rings. The molecule has 26 heavy (non-hydrogen) atoms. The second-order valence-electron chi connectivity index (χ2n) is 5.80. The molecule has 6 heteroatoms. The summed E-state index contributed by atoms with van der Waals surface area (Å²) in [5.74, 6) is -0.510. The molecule has 0 spiro atoms. The molecule has 1 heterocycles. The van der Waals surface area contributed by atoms with Crippen molar-refractivity contribution in [2.75, 3.05) is 13.1 Å². The summed E-state index contributed by atoms with van der Waals surface area (Å²) < 4.78 is 5.48. The Morgan fingerprint density at radius 1 is 0.846 bits per heavy atom. The predicted octanol–water partition coefficient (Wildman–Crippen LogP) is 2.80. The van der Waals surface area contributed by atoms with Crippen molar-refractivity contribution in [1.82, 2.24) is 10.6 Å². The molecular formula is C20H18N2O4. The topological polar surface area (TPSA) is 88.4 Å². The monoisotopic (exact) mass is 350 g/mol. The highest BCUT2D eigenvalue weighted by atomic mass is 16.3. The van der Waals surface area contributed by atoms with Gasteiger partial charge in [0.25, 0.3) is 11.8 Å². The van der Waals surface area contributed by atoms with Crippen LogP contribution in [0.1, 0.15) is 38.2 Å². The quantitative estimate of drug-likeness (QED) is 0.528. The summed E-state index contributed by atoms with van der Waals surface area (Å²) in [5, 5.41) is 6.26. The first-order valence-corrected chi connectivity index (χ1v) is 8.20. The zero-order valence-corrected chi connectivity index (χ0v) is 14.2. The molecule has 0 aliphatic heterocycles. The molecule has 132 valence electrons. The average molecular weight is 350 g/mol. The Morgan fingerprint density at radius 3 is 2.27 bits per heavy atom. The molecule has 0 aliphatic rings. The van der Waals surface area contributed by atoms with E-state index in [-0.39, 0.29) is 36.4 Å². The molecule has 2 N–H and O–H groups in total. The molecule has 1 aromatic heterocycles. The third-order valence-electron chi connectivity index (χ3n) is 3.88. The molecule has 0 radical (unpaired) electrons. The zero-order chi connectivity index (χ0) is 18.5. The van der Waals surface area contributed by atoms with Crippen LogP contribution in [0.2, 0.25) is 0 Å². The zero-order valence-electron chi connectivity index (χ0n) is 14.2. The molecule has 0 atom stereocenters. The van der Waals surface area contributed by atoms with Gasteiger partial charge in [-0.2, -0.15) is 0 Å². The van der Waals surface area contributed by atoms with Gasteiger partial charge in [-0.25, -0.2) is 0 Å². The standard InChI is InChI=1S/C20H18N2O4/c1-13(23)14-6-4-7-16(11-14)19(24)21-9-10-22-20(25)18-12-15-5-2-3-8-17(15)26-18/h2-8,11-12H,9-10H2,1H3,(H,21,24)(H,22,25). The average Bonchev–Trinajstić information content (AvgIpc) is 3.09. The predicted molar refractivity (Wildman–Crippen MR) is 97.3 cm³/mol. The van der Waals surface area contributed by atoms with Crippen LogP contribution in [-0.4, -0.2) is 30.7 Å². The van der Waals surface area contributed by atoms with Crippen molar-refractivity contribution in [2.45, 2.75) is 6.92 Å². The number of benzene rings is 2. The normalized spacial score (nSPS) is 10.5. The van der Waals surface area contributed by atoms with Crippen molar-refractivity contribution in [3.63, 3.8) is 0 Å². The van der Waals surface area contributed by atoms with E-state index in [0.717, 1.165) is 5.39 Å². The van der Waals surface area contributed by atoms with E-state index in [1.807, 2.05) is 18.2 Å². The minimum absolute atomic E-state index is 0.0993. The summed E-state index contributed by atoms with van der Waals surface area (Å²) >= 11 is 0. The number of furan rings is 1. The number of rotatable bonds is 6. The van der Waals surface area contributed by atoms with Crippen LogP contribution in [-0.2, 0) is 0 Å². The largest absolute Gasteiger partial charge is 0.451 e. The molecule has 6 nitrogen and oxygen atoms in total. The van der Waals surface area contributed by atoms with Gasteiger partial charge in [0, 0.05) is 29.6 Å². The lowest BCUT2D eigenvalue weighted by atomic mass is 10.1. The number of fused-ring (bicyclic) bond motifs is 1. The number of ketones is 1. The molecule has 2 amide bonds. The first-order valence-electron chi connectivity index (χ1n) is 8.20. The minimum Gasteiger partial charge on any atom is -0.451 e. The number of hydrogen-bond acceptors (Lipinski definition) is 4. The van der Waals surface area contributed by atoms with E-state index in [9.17, 15) is 14.4 Å². The first kappa shape index (κ1) is 17.4. The van der Waals surface area contributed by atoms with Crippen LogP contribution in [0.15, 0.2) is 59.0 Å². The first-order chi connectivity index (χ1) is 12.5. The van der Waals surface area contributed by atoms with E-state index in [2.05, 4.69) is 10.6 Å². The number of hydrogen-bond donors (Lipinski definition) is 2. The molecule has 0 bridgehead atoms. The van der Waals surface area contributed by atoms with Gasteiger partial charge in [-0.15, -0.1) is 0 Å². The van der Waals surface area contributed by atoms with Gasteiger partial charge < -0.3 is 15.1 Å². The highest BCUT2D eigenvalue weighted by molar-refractivity contribution is 5.99. The Kier molecular flexibility index (Phi) is 5.12. The summed E-state index contributed by atoms with van der Waals surface area (Å²) in [6.07, 6.45) is 0. The van der Waals surface area contributed by atoms with Gasteiger partial charge in [0.1, 0.15) is 5.58 Å². The number of carbonyl (C=O) groups excluding carboxylic acids is 3. The Hall–Kier alpha value is -3.41. The minimum atomic E-state index is -0.339. The van der Waals surface area contributed by atoms with Gasteiger partial charge in [0.2, 0.25) is 0 Å². The van der Waals surface area contributed by atoms with Crippen LogP contribution in [0, 0.1) is 0 Å². The van der Waals surface area contributed by atoms with Crippen molar-refractivity contribution in [3.8, 4) is 0 Å². The van der Waals surface area contributed by atoms with E-state index in [0.29, 0.717) is 16.7 Å². The van der Waals surface area contributed by atoms with E-state index in [4.69, 9.17) is 4.42 Å². The smallest absolute Gasteiger partial charge is 0.287 e. The van der Waals surface area contributed by atoms with Crippen molar-refractivity contribution in [2.24, 2.45) is 0 Å². The molecule has 0 saturated heterocycles. The second-order valence-corrected chi connectivity index (χ2v) is 5.80. The van der Waals surface area contributed by atoms with Crippen molar-refractivity contribution in [1.29, 1.82) is 0 Å². The lowest BCUT2D eigenvalue weighted by Crippen LogP contribution is -2.34. The number of carbonyl (C=O) groups is 3. The van der Waals surface area contributed by atoms with E-state index >= 15 is 0 Å². The lowest BCUT2D eigenvalue weighted by Gasteiger charge is -2.07. The molecular weight excluding hydrogens is 332 g/mol. The van der Waals surface area contributed by atoms with Crippen LogP contribution < -0.4 is 10.6 Å². The number of nitrogens with one attached hydrogen (secondary N) is 2. The Bertz CT molecular complexity index is 942. The summed E-state index contributed by atoms with van der Waals surface area (Å²) in [5.41, 5.74) is 1.54. The third kappa shape index (κ3) is 3.97. The maximum absolute atomic E-state index is 12.1. The highest BCUT2D eigenvalue weighted by Crippen LogP contribution is 2.18. The van der Waals surface area contributed by atoms with Crippen LogP contribution in [0.3, 0.4) is 0 Å². The summed E-state index contributed by atoms with van der Waals surface area (Å²) in [7, 11) is 0. The maximum atomic E-state index is 12.1. The Balaban J connectivity index is 1.50. The fraction of sp³-hybridized carbons (Fsp3) is 0.150. The third-order valence-corrected chi connectivity index (χ3v) is 3.88. The number of Topliss-reactive ketones (excluding diaryl/α,β-unsaturated/α-hetero) is 1. The molecule has 0 aliphatic carbocycles. The van der Waals surface area contributed by atoms with E-state index in [1.165, 1.54) is 6.92 Å². The molecule has 0 unspecified atom stereocenters. The Labute approximate surface area is 150 Å². The second kappa shape index (κ2) is 7.65. The SMILES string of the molecule is CC(=O)c1cccc(C(=O)NCCNC(=O)c2cc3ccccc3o2)c1. The molecule has 3 rings (SSSR count). The summed E-state index contributed by atoms with van der Waals surface area (Å²) in [6, 6.07) is 15.5. The number of para-hydroxylation sites is 1. The fourth-order valence-corrected chi connectivity index (χ4v) is 2.51. The Morgan fingerprint density at radius 2 is 1.54 bits per heavy atom. The van der Waals surface area contributed by atoms with Gasteiger partial charge in [-0.05, 0) is 31.2 Å². The van der Waals surface area contributed by atoms with E-state index in [1.54, 1.807) is 36.4 Å². The van der Waals surface area contributed by atoms with Crippen LogP contribution in [0.5, 0.6) is 0 Å². The number of amides is 2. The molecule has 0 saturated carbocycles. The van der Waals surface area contributed by atoms with Crippen LogP contribution >= 0.6 is 0 Å². The maximum Gasteiger partial charge on any atom is 0.287 e. The fourth-order valence-electron chi connectivity index (χ4n) is 2.51. The van der Waals surface area contributed by atoms with Crippen LogP contribution in [0.4, 0.5) is 0 Å². The van der Waals surface area contributed by atoms with Gasteiger partial charge >= 0.3 is 0 Å². The van der Waals surface area contributed by atoms with Crippen molar-refractivity contribution in [3.05, 3.63) is 71.5 Å². The molecule has 3 aromatic rings. The van der Waals surface area contributed by atoms with Crippen LogP contribution in [0.25, 0.3) is 11.0 Å². The van der Waals surface area contributed by atoms with Gasteiger partial charge in [-0.3, -0.25) is 14.4 Å².